The van der Waals surface area contributed by atoms with Gasteiger partial charge in [0.05, 0.1) is 12.2 Å². The molecule has 3 heteroatoms. The fourth-order valence-corrected chi connectivity index (χ4v) is 2.59. The van der Waals surface area contributed by atoms with Crippen LogP contribution >= 0.6 is 0 Å². The lowest BCUT2D eigenvalue weighted by Gasteiger charge is -2.41. The summed E-state index contributed by atoms with van der Waals surface area (Å²) in [6.07, 6.45) is 3.84. The smallest absolute Gasteiger partial charge is 0.336 e. The number of hydrogen-bond acceptors (Lipinski definition) is 3. The van der Waals surface area contributed by atoms with E-state index >= 15 is 0 Å². The van der Waals surface area contributed by atoms with Gasteiger partial charge in [0.2, 0.25) is 0 Å². The zero-order valence-electron chi connectivity index (χ0n) is 8.62. The highest BCUT2D eigenvalue weighted by atomic mass is 16.5. The van der Waals surface area contributed by atoms with Crippen molar-refractivity contribution in [1.29, 1.82) is 0 Å². The summed E-state index contributed by atoms with van der Waals surface area (Å²) in [5, 5.41) is 10.3. The molecule has 0 radical (unpaired) electrons. The maximum Gasteiger partial charge on any atom is 0.336 e. The van der Waals surface area contributed by atoms with Gasteiger partial charge in [-0.25, -0.2) is 4.79 Å². The SMILES string of the molecule is CCOC(=O)C1=C[C@@H]2CC[C@@H](C)[C@]12O. The molecule has 0 amide bonds. The number of hydrogen-bond donors (Lipinski definition) is 1. The minimum Gasteiger partial charge on any atom is -0.463 e. The van der Waals surface area contributed by atoms with E-state index < -0.39 is 5.60 Å². The number of esters is 1. The Morgan fingerprint density at radius 3 is 3.00 bits per heavy atom. The molecule has 0 bridgehead atoms. The van der Waals surface area contributed by atoms with Crippen LogP contribution in [0.5, 0.6) is 0 Å². The van der Waals surface area contributed by atoms with Crippen LogP contribution in [0, 0.1) is 11.8 Å². The average molecular weight is 196 g/mol. The minimum atomic E-state index is -0.883. The highest BCUT2D eigenvalue weighted by molar-refractivity contribution is 5.93. The van der Waals surface area contributed by atoms with Crippen LogP contribution in [0.1, 0.15) is 26.7 Å². The van der Waals surface area contributed by atoms with E-state index in [4.69, 9.17) is 4.74 Å². The molecule has 1 fully saturated rings. The lowest BCUT2D eigenvalue weighted by Crippen LogP contribution is -2.49. The minimum absolute atomic E-state index is 0.178. The lowest BCUT2D eigenvalue weighted by atomic mass is 9.69. The van der Waals surface area contributed by atoms with Crippen LogP contribution in [0.4, 0.5) is 0 Å². The van der Waals surface area contributed by atoms with Crippen molar-refractivity contribution in [2.75, 3.05) is 6.61 Å². The van der Waals surface area contributed by atoms with Crippen LogP contribution in [0.25, 0.3) is 0 Å². The molecule has 0 spiro atoms. The van der Waals surface area contributed by atoms with Gasteiger partial charge in [0.1, 0.15) is 5.60 Å². The quantitative estimate of drug-likeness (QED) is 0.676. The summed E-state index contributed by atoms with van der Waals surface area (Å²) in [5.74, 6) is 0.00816. The molecule has 1 N–H and O–H groups in total. The van der Waals surface area contributed by atoms with Gasteiger partial charge in [-0.3, -0.25) is 0 Å². The largest absolute Gasteiger partial charge is 0.463 e. The molecule has 78 valence electrons. The molecule has 0 aromatic heterocycles. The fourth-order valence-electron chi connectivity index (χ4n) is 2.59. The second-order valence-corrected chi connectivity index (χ2v) is 4.21. The highest BCUT2D eigenvalue weighted by Crippen LogP contribution is 2.53. The first kappa shape index (κ1) is 9.71. The van der Waals surface area contributed by atoms with E-state index in [-0.39, 0.29) is 17.8 Å². The molecule has 0 aliphatic heterocycles. The summed E-state index contributed by atoms with van der Waals surface area (Å²) < 4.78 is 4.90. The first-order chi connectivity index (χ1) is 6.60. The van der Waals surface area contributed by atoms with Crippen molar-refractivity contribution in [3.8, 4) is 0 Å². The topological polar surface area (TPSA) is 46.5 Å². The molecule has 2 aliphatic rings. The molecule has 0 aromatic carbocycles. The molecule has 0 aromatic rings. The summed E-state index contributed by atoms with van der Waals surface area (Å²) in [7, 11) is 0. The Kier molecular flexibility index (Phi) is 2.14. The average Bonchev–Trinajstić information content (AvgIpc) is 2.32. The molecule has 2 rings (SSSR count). The third-order valence-corrected chi connectivity index (χ3v) is 3.52. The van der Waals surface area contributed by atoms with Crippen LogP contribution < -0.4 is 0 Å². The Bertz CT molecular complexity index is 295. The van der Waals surface area contributed by atoms with Crippen LogP contribution in [0.15, 0.2) is 11.6 Å². The molecule has 0 heterocycles. The Balaban J connectivity index is 2.17. The van der Waals surface area contributed by atoms with E-state index in [1.54, 1.807) is 6.92 Å². The molecule has 0 saturated heterocycles. The molecular weight excluding hydrogens is 180 g/mol. The Morgan fingerprint density at radius 1 is 1.71 bits per heavy atom. The van der Waals surface area contributed by atoms with Crippen LogP contribution in [0.3, 0.4) is 0 Å². The summed E-state index contributed by atoms with van der Waals surface area (Å²) in [5.41, 5.74) is -0.402. The summed E-state index contributed by atoms with van der Waals surface area (Å²) in [4.78, 5) is 11.5. The second-order valence-electron chi connectivity index (χ2n) is 4.21. The molecule has 3 atom stereocenters. The van der Waals surface area contributed by atoms with E-state index in [9.17, 15) is 9.90 Å². The van der Waals surface area contributed by atoms with Crippen LogP contribution in [0.2, 0.25) is 0 Å². The van der Waals surface area contributed by atoms with Gasteiger partial charge in [0.25, 0.3) is 0 Å². The van der Waals surface area contributed by atoms with Gasteiger partial charge in [-0.2, -0.15) is 0 Å². The third kappa shape index (κ3) is 1.05. The molecule has 0 unspecified atom stereocenters. The fraction of sp³-hybridized carbons (Fsp3) is 0.727. The molecule has 3 nitrogen and oxygen atoms in total. The number of rotatable bonds is 2. The van der Waals surface area contributed by atoms with Gasteiger partial charge >= 0.3 is 5.97 Å². The van der Waals surface area contributed by atoms with Crippen molar-refractivity contribution in [2.24, 2.45) is 11.8 Å². The van der Waals surface area contributed by atoms with E-state index in [0.29, 0.717) is 12.2 Å². The number of aliphatic hydroxyl groups is 1. The Labute approximate surface area is 83.8 Å². The van der Waals surface area contributed by atoms with Gasteiger partial charge in [-0.05, 0) is 25.7 Å². The number of carbonyl (C=O) groups excluding carboxylic acids is 1. The van der Waals surface area contributed by atoms with E-state index in [1.807, 2.05) is 13.0 Å². The maximum absolute atomic E-state index is 11.5. The highest BCUT2D eigenvalue weighted by Gasteiger charge is 2.57. The van der Waals surface area contributed by atoms with Crippen molar-refractivity contribution < 1.29 is 14.6 Å². The van der Waals surface area contributed by atoms with Crippen molar-refractivity contribution in [3.63, 3.8) is 0 Å². The third-order valence-electron chi connectivity index (χ3n) is 3.52. The normalized spacial score (nSPS) is 39.8. The molecule has 14 heavy (non-hydrogen) atoms. The first-order valence-corrected chi connectivity index (χ1v) is 5.22. The van der Waals surface area contributed by atoms with Gasteiger partial charge in [0, 0.05) is 5.92 Å². The van der Waals surface area contributed by atoms with Crippen molar-refractivity contribution >= 4 is 5.97 Å². The van der Waals surface area contributed by atoms with Gasteiger partial charge < -0.3 is 9.84 Å². The monoisotopic (exact) mass is 196 g/mol. The van der Waals surface area contributed by atoms with Crippen molar-refractivity contribution in [2.45, 2.75) is 32.3 Å². The van der Waals surface area contributed by atoms with E-state index in [0.717, 1.165) is 12.8 Å². The molecule has 2 aliphatic carbocycles. The van der Waals surface area contributed by atoms with E-state index in [2.05, 4.69) is 0 Å². The Morgan fingerprint density at radius 2 is 2.43 bits per heavy atom. The standard InChI is InChI=1S/C11H16O3/c1-3-14-10(12)9-6-8-5-4-7(2)11(8,9)13/h6-8,13H,3-5H2,1-2H3/t7-,8+,11-/m1/s1. The van der Waals surface area contributed by atoms with Gasteiger partial charge in [-0.15, -0.1) is 0 Å². The van der Waals surface area contributed by atoms with E-state index in [1.165, 1.54) is 0 Å². The zero-order chi connectivity index (χ0) is 10.3. The lowest BCUT2D eigenvalue weighted by molar-refractivity contribution is -0.144. The summed E-state index contributed by atoms with van der Waals surface area (Å²) in [6, 6.07) is 0. The molecular formula is C11H16O3. The van der Waals surface area contributed by atoms with Crippen LogP contribution in [-0.4, -0.2) is 23.3 Å². The predicted octanol–water partition coefficient (Wildman–Crippen LogP) is 1.27. The van der Waals surface area contributed by atoms with Gasteiger partial charge in [-0.1, -0.05) is 13.0 Å². The maximum atomic E-state index is 11.5. The van der Waals surface area contributed by atoms with Crippen molar-refractivity contribution in [3.05, 3.63) is 11.6 Å². The number of ether oxygens (including phenoxy) is 1. The van der Waals surface area contributed by atoms with Crippen LogP contribution in [-0.2, 0) is 9.53 Å². The summed E-state index contributed by atoms with van der Waals surface area (Å²) >= 11 is 0. The Hall–Kier alpha value is -0.830. The first-order valence-electron chi connectivity index (χ1n) is 5.22. The number of fused-ring (bicyclic) bond motifs is 1. The zero-order valence-corrected chi connectivity index (χ0v) is 8.62. The van der Waals surface area contributed by atoms with Crippen molar-refractivity contribution in [1.82, 2.24) is 0 Å². The molecule has 1 saturated carbocycles. The number of carbonyl (C=O) groups is 1. The summed E-state index contributed by atoms with van der Waals surface area (Å²) in [6.45, 7) is 4.13. The predicted molar refractivity (Wildman–Crippen MR) is 51.6 cm³/mol. The van der Waals surface area contributed by atoms with Gasteiger partial charge in [0.15, 0.2) is 0 Å². The second kappa shape index (κ2) is 3.09.